The van der Waals surface area contributed by atoms with Crippen molar-refractivity contribution in [3.63, 3.8) is 0 Å². The molecule has 1 N–H and O–H groups in total. The summed E-state index contributed by atoms with van der Waals surface area (Å²) >= 11 is 3.44. The fourth-order valence-corrected chi connectivity index (χ4v) is 3.47. The van der Waals surface area contributed by atoms with Gasteiger partial charge in [0.1, 0.15) is 29.8 Å². The van der Waals surface area contributed by atoms with Gasteiger partial charge in [-0.3, -0.25) is 4.79 Å². The van der Waals surface area contributed by atoms with Gasteiger partial charge in [-0.1, -0.05) is 46.3 Å². The van der Waals surface area contributed by atoms with E-state index in [-0.39, 0.29) is 24.5 Å². The molecule has 0 aliphatic rings. The van der Waals surface area contributed by atoms with Crippen LogP contribution < -0.4 is 19.5 Å². The number of ether oxygens (including phenoxy) is 3. The first-order valence-electron chi connectivity index (χ1n) is 10.2. The lowest BCUT2D eigenvalue weighted by Crippen LogP contribution is -2.23. The van der Waals surface area contributed by atoms with Crippen LogP contribution in [0.4, 0.5) is 4.39 Å². The maximum atomic E-state index is 13.9. The van der Waals surface area contributed by atoms with Gasteiger partial charge in [0.05, 0.1) is 14.2 Å². The fourth-order valence-electron chi connectivity index (χ4n) is 3.03. The van der Waals surface area contributed by atoms with Gasteiger partial charge in [-0.15, -0.1) is 0 Å². The van der Waals surface area contributed by atoms with Gasteiger partial charge in [0.15, 0.2) is 11.5 Å². The Hall–Kier alpha value is -3.83. The normalized spacial score (nSPS) is 10.9. The fraction of sp³-hybridized carbons (Fsp3) is 0.154. The predicted molar refractivity (Wildman–Crippen MR) is 130 cm³/mol. The van der Waals surface area contributed by atoms with Crippen molar-refractivity contribution in [2.45, 2.75) is 13.2 Å². The van der Waals surface area contributed by atoms with Crippen LogP contribution in [0.15, 0.2) is 70.7 Å². The maximum Gasteiger partial charge on any atom is 0.262 e. The van der Waals surface area contributed by atoms with E-state index in [1.807, 2.05) is 18.2 Å². The highest BCUT2D eigenvalue weighted by Gasteiger charge is 2.14. The van der Waals surface area contributed by atoms with Crippen LogP contribution in [0.5, 0.6) is 17.2 Å². The van der Waals surface area contributed by atoms with Crippen molar-refractivity contribution in [1.29, 1.82) is 5.26 Å². The molecule has 0 unspecified atom stereocenters. The SMILES string of the molecule is COc1ccc(CNC(=O)/C(C#N)=C\c2cc(OC)c(OCc3ccccc3F)cc2Br)cc1. The largest absolute Gasteiger partial charge is 0.497 e. The van der Waals surface area contributed by atoms with Crippen molar-refractivity contribution in [2.24, 2.45) is 0 Å². The second-order valence-corrected chi connectivity index (χ2v) is 7.96. The molecule has 3 aromatic carbocycles. The Balaban J connectivity index is 1.74. The number of nitrogens with one attached hydrogen (secondary N) is 1. The number of hydrogen-bond acceptors (Lipinski definition) is 5. The van der Waals surface area contributed by atoms with Crippen LogP contribution in [-0.2, 0) is 17.9 Å². The lowest BCUT2D eigenvalue weighted by Gasteiger charge is -2.13. The summed E-state index contributed by atoms with van der Waals surface area (Å²) in [7, 11) is 3.05. The van der Waals surface area contributed by atoms with E-state index in [4.69, 9.17) is 14.2 Å². The second-order valence-electron chi connectivity index (χ2n) is 7.11. The zero-order valence-corrected chi connectivity index (χ0v) is 20.2. The zero-order valence-electron chi connectivity index (χ0n) is 18.6. The molecular weight excluding hydrogens is 503 g/mol. The van der Waals surface area contributed by atoms with Crippen LogP contribution in [0.25, 0.3) is 6.08 Å². The smallest absolute Gasteiger partial charge is 0.262 e. The number of nitrogens with zero attached hydrogens (tertiary/aromatic N) is 1. The Kier molecular flexibility index (Phi) is 8.66. The molecule has 0 saturated carbocycles. The minimum Gasteiger partial charge on any atom is -0.497 e. The van der Waals surface area contributed by atoms with Crippen molar-refractivity contribution < 1.29 is 23.4 Å². The van der Waals surface area contributed by atoms with E-state index < -0.39 is 5.91 Å². The highest BCUT2D eigenvalue weighted by Crippen LogP contribution is 2.35. The van der Waals surface area contributed by atoms with Crippen LogP contribution in [0.1, 0.15) is 16.7 Å². The third-order valence-corrected chi connectivity index (χ3v) is 5.59. The van der Waals surface area contributed by atoms with Crippen LogP contribution in [0.3, 0.4) is 0 Å². The Morgan fingerprint density at radius 3 is 2.47 bits per heavy atom. The number of halogens is 2. The Bertz CT molecular complexity index is 1240. The molecule has 1 amide bonds. The molecule has 0 aliphatic carbocycles. The van der Waals surface area contributed by atoms with Crippen LogP contribution in [0, 0.1) is 17.1 Å². The number of carbonyl (C=O) groups excluding carboxylic acids is 1. The van der Waals surface area contributed by atoms with Gasteiger partial charge in [-0.05, 0) is 47.5 Å². The minimum absolute atomic E-state index is 0.0157. The average Bonchev–Trinajstić information content (AvgIpc) is 2.86. The number of rotatable bonds is 9. The highest BCUT2D eigenvalue weighted by atomic mass is 79.9. The minimum atomic E-state index is -0.510. The van der Waals surface area contributed by atoms with E-state index in [2.05, 4.69) is 21.2 Å². The number of carbonyl (C=O) groups is 1. The topological polar surface area (TPSA) is 80.6 Å². The maximum absolute atomic E-state index is 13.9. The Labute approximate surface area is 205 Å². The molecule has 174 valence electrons. The third kappa shape index (κ3) is 6.36. The summed E-state index contributed by atoms with van der Waals surface area (Å²) in [4.78, 5) is 12.6. The number of methoxy groups -OCH3 is 2. The van der Waals surface area contributed by atoms with Gasteiger partial charge in [-0.25, -0.2) is 4.39 Å². The molecule has 0 aromatic heterocycles. The van der Waals surface area contributed by atoms with E-state index in [1.54, 1.807) is 49.6 Å². The number of nitriles is 1. The van der Waals surface area contributed by atoms with E-state index in [1.165, 1.54) is 19.3 Å². The van der Waals surface area contributed by atoms with Crippen LogP contribution in [-0.4, -0.2) is 20.1 Å². The quantitative estimate of drug-likeness (QED) is 0.299. The summed E-state index contributed by atoms with van der Waals surface area (Å²) in [5.41, 5.74) is 1.75. The van der Waals surface area contributed by atoms with Crippen molar-refractivity contribution in [2.75, 3.05) is 14.2 Å². The first-order valence-corrected chi connectivity index (χ1v) is 11.0. The summed E-state index contributed by atoms with van der Waals surface area (Å²) in [6, 6.07) is 18.8. The highest BCUT2D eigenvalue weighted by molar-refractivity contribution is 9.10. The van der Waals surface area contributed by atoms with Gasteiger partial charge >= 0.3 is 0 Å². The van der Waals surface area contributed by atoms with E-state index in [0.717, 1.165) is 5.56 Å². The lowest BCUT2D eigenvalue weighted by atomic mass is 10.1. The molecule has 0 spiro atoms. The summed E-state index contributed by atoms with van der Waals surface area (Å²) in [6.07, 6.45) is 1.45. The van der Waals surface area contributed by atoms with Crippen LogP contribution in [0.2, 0.25) is 0 Å². The van der Waals surface area contributed by atoms with E-state index in [0.29, 0.717) is 32.8 Å². The van der Waals surface area contributed by atoms with E-state index >= 15 is 0 Å². The number of hydrogen-bond donors (Lipinski definition) is 1. The third-order valence-electron chi connectivity index (χ3n) is 4.90. The van der Waals surface area contributed by atoms with Gasteiger partial charge in [0, 0.05) is 16.6 Å². The van der Waals surface area contributed by atoms with Gasteiger partial charge in [-0.2, -0.15) is 5.26 Å². The molecule has 0 aliphatic heterocycles. The zero-order chi connectivity index (χ0) is 24.5. The first kappa shape index (κ1) is 24.8. The van der Waals surface area contributed by atoms with Crippen molar-refractivity contribution in [3.8, 4) is 23.3 Å². The summed E-state index contributed by atoms with van der Waals surface area (Å²) < 4.78 is 30.7. The van der Waals surface area contributed by atoms with Crippen molar-refractivity contribution in [3.05, 3.63) is 93.2 Å². The Morgan fingerprint density at radius 1 is 1.09 bits per heavy atom. The molecule has 0 radical (unpaired) electrons. The average molecular weight is 525 g/mol. The number of benzene rings is 3. The molecule has 0 heterocycles. The van der Waals surface area contributed by atoms with Crippen LogP contribution >= 0.6 is 15.9 Å². The monoisotopic (exact) mass is 524 g/mol. The summed E-state index contributed by atoms with van der Waals surface area (Å²) in [6.45, 7) is 0.275. The van der Waals surface area contributed by atoms with Gasteiger partial charge in [0.2, 0.25) is 0 Å². The molecule has 6 nitrogen and oxygen atoms in total. The predicted octanol–water partition coefficient (Wildman–Crippen LogP) is 5.41. The molecule has 0 saturated heterocycles. The first-order chi connectivity index (χ1) is 16.4. The molecule has 0 bridgehead atoms. The Morgan fingerprint density at radius 2 is 1.82 bits per heavy atom. The van der Waals surface area contributed by atoms with Gasteiger partial charge < -0.3 is 19.5 Å². The summed E-state index contributed by atoms with van der Waals surface area (Å²) in [5.74, 6) is 0.607. The van der Waals surface area contributed by atoms with Gasteiger partial charge in [0.25, 0.3) is 5.91 Å². The second kappa shape index (κ2) is 11.9. The van der Waals surface area contributed by atoms with Crippen molar-refractivity contribution >= 4 is 27.9 Å². The molecule has 0 fully saturated rings. The lowest BCUT2D eigenvalue weighted by molar-refractivity contribution is -0.117. The standard InChI is InChI=1S/C26H22BrFN2O4/c1-32-21-9-7-17(8-10-21)15-30-26(31)20(14-29)11-19-12-24(33-2)25(13-22(19)27)34-16-18-5-3-4-6-23(18)28/h3-13H,15-16H2,1-2H3,(H,30,31)/b20-11-. The molecule has 0 atom stereocenters. The van der Waals surface area contributed by atoms with E-state index in [9.17, 15) is 14.4 Å². The molecule has 3 aromatic rings. The summed E-state index contributed by atoms with van der Waals surface area (Å²) in [5, 5.41) is 12.3. The number of amides is 1. The molecule has 3 rings (SSSR count). The molecule has 34 heavy (non-hydrogen) atoms. The molecule has 8 heteroatoms. The van der Waals surface area contributed by atoms with Crippen molar-refractivity contribution in [1.82, 2.24) is 5.32 Å². The molecular formula is C26H22BrFN2O4.